The van der Waals surface area contributed by atoms with Crippen molar-refractivity contribution in [3.05, 3.63) is 59.9 Å². The average Bonchev–Trinajstić information content (AvgIpc) is 2.81. The fourth-order valence-electron chi connectivity index (χ4n) is 2.25. The minimum Gasteiger partial charge on any atom is -0.367 e. The Hall–Kier alpha value is -2.62. The minimum atomic E-state index is -0.320. The van der Waals surface area contributed by atoms with E-state index in [0.717, 1.165) is 11.1 Å². The molecule has 0 saturated carbocycles. The molecule has 1 aromatic heterocycles. The number of aromatic nitrogens is 1. The lowest BCUT2D eigenvalue weighted by Crippen LogP contribution is -1.90. The molecule has 4 heteroatoms. The first-order valence-electron chi connectivity index (χ1n) is 6.24. The molecule has 3 rings (SSSR count). The molecule has 2 aromatic carbocycles. The van der Waals surface area contributed by atoms with Gasteiger partial charge in [0.2, 0.25) is 5.88 Å². The van der Waals surface area contributed by atoms with E-state index in [-0.39, 0.29) is 11.7 Å². The van der Waals surface area contributed by atoms with Crippen LogP contribution in [0, 0.1) is 12.7 Å². The summed E-state index contributed by atoms with van der Waals surface area (Å²) in [5.41, 5.74) is 9.78. The number of nitrogens with two attached hydrogens (primary N) is 1. The summed E-state index contributed by atoms with van der Waals surface area (Å²) in [5, 5.41) is 3.98. The molecular formula is C16H13FN2O. The topological polar surface area (TPSA) is 52.0 Å². The summed E-state index contributed by atoms with van der Waals surface area (Å²) in [6, 6.07) is 14.0. The first kappa shape index (κ1) is 12.4. The van der Waals surface area contributed by atoms with E-state index >= 15 is 0 Å². The highest BCUT2D eigenvalue weighted by atomic mass is 19.1. The van der Waals surface area contributed by atoms with Crippen LogP contribution in [0.15, 0.2) is 53.1 Å². The van der Waals surface area contributed by atoms with Crippen LogP contribution in [-0.2, 0) is 0 Å². The highest BCUT2D eigenvalue weighted by Gasteiger charge is 2.18. The van der Waals surface area contributed by atoms with E-state index in [1.165, 1.54) is 12.1 Å². The highest BCUT2D eigenvalue weighted by Crippen LogP contribution is 2.37. The van der Waals surface area contributed by atoms with E-state index in [1.54, 1.807) is 12.1 Å². The van der Waals surface area contributed by atoms with Gasteiger partial charge in [0.1, 0.15) is 11.5 Å². The SMILES string of the molecule is Cc1ccccc1-c1c(-c2cccc(F)c2)noc1N. The molecule has 0 atom stereocenters. The van der Waals surface area contributed by atoms with Gasteiger partial charge < -0.3 is 10.3 Å². The van der Waals surface area contributed by atoms with Crippen molar-refractivity contribution in [2.75, 3.05) is 5.73 Å². The van der Waals surface area contributed by atoms with Crippen molar-refractivity contribution >= 4 is 5.88 Å². The molecule has 0 aliphatic heterocycles. The molecule has 2 N–H and O–H groups in total. The first-order valence-corrected chi connectivity index (χ1v) is 6.24. The van der Waals surface area contributed by atoms with Crippen LogP contribution in [0.5, 0.6) is 0 Å². The van der Waals surface area contributed by atoms with Gasteiger partial charge in [-0.1, -0.05) is 41.6 Å². The van der Waals surface area contributed by atoms with Crippen molar-refractivity contribution in [2.45, 2.75) is 6.92 Å². The van der Waals surface area contributed by atoms with Crippen molar-refractivity contribution in [1.82, 2.24) is 5.16 Å². The molecule has 0 aliphatic carbocycles. The van der Waals surface area contributed by atoms with Crippen LogP contribution in [-0.4, -0.2) is 5.16 Å². The molecule has 0 bridgehead atoms. The monoisotopic (exact) mass is 268 g/mol. The van der Waals surface area contributed by atoms with Crippen molar-refractivity contribution in [1.29, 1.82) is 0 Å². The van der Waals surface area contributed by atoms with Gasteiger partial charge in [-0.2, -0.15) is 0 Å². The van der Waals surface area contributed by atoms with Gasteiger partial charge in [0.25, 0.3) is 0 Å². The third kappa shape index (κ3) is 2.05. The summed E-state index contributed by atoms with van der Waals surface area (Å²) in [6.07, 6.45) is 0. The molecule has 3 aromatic rings. The van der Waals surface area contributed by atoms with Crippen LogP contribution in [0.4, 0.5) is 10.3 Å². The van der Waals surface area contributed by atoms with Gasteiger partial charge in [0.05, 0.1) is 5.56 Å². The fraction of sp³-hybridized carbons (Fsp3) is 0.0625. The number of benzene rings is 2. The van der Waals surface area contributed by atoms with E-state index in [9.17, 15) is 4.39 Å². The third-order valence-corrected chi connectivity index (χ3v) is 3.23. The molecule has 100 valence electrons. The maximum atomic E-state index is 13.4. The lowest BCUT2D eigenvalue weighted by Gasteiger charge is -2.06. The summed E-state index contributed by atoms with van der Waals surface area (Å²) in [6.45, 7) is 1.98. The van der Waals surface area contributed by atoms with Crippen LogP contribution in [0.1, 0.15) is 5.56 Å². The average molecular weight is 268 g/mol. The molecule has 1 heterocycles. The standard InChI is InChI=1S/C16H13FN2O/c1-10-5-2-3-8-13(10)14-15(19-20-16(14)18)11-6-4-7-12(17)9-11/h2-9H,18H2,1H3. The Bertz CT molecular complexity index is 765. The number of hydrogen-bond acceptors (Lipinski definition) is 3. The largest absolute Gasteiger partial charge is 0.367 e. The van der Waals surface area contributed by atoms with Crippen LogP contribution >= 0.6 is 0 Å². The molecule has 0 spiro atoms. The van der Waals surface area contributed by atoms with Gasteiger partial charge in [0.15, 0.2) is 0 Å². The van der Waals surface area contributed by atoms with Gasteiger partial charge in [-0.3, -0.25) is 0 Å². The number of hydrogen-bond donors (Lipinski definition) is 1. The molecule has 0 amide bonds. The van der Waals surface area contributed by atoms with Crippen molar-refractivity contribution in [3.8, 4) is 22.4 Å². The molecule has 0 aliphatic rings. The molecule has 20 heavy (non-hydrogen) atoms. The number of aryl methyl sites for hydroxylation is 1. The minimum absolute atomic E-state index is 0.235. The quantitative estimate of drug-likeness (QED) is 0.763. The van der Waals surface area contributed by atoms with Gasteiger partial charge in [-0.05, 0) is 30.2 Å². The summed E-state index contributed by atoms with van der Waals surface area (Å²) < 4.78 is 18.5. The van der Waals surface area contributed by atoms with E-state index in [4.69, 9.17) is 10.3 Å². The Kier molecular flexibility index (Phi) is 2.99. The molecule has 0 radical (unpaired) electrons. The fourth-order valence-corrected chi connectivity index (χ4v) is 2.25. The molecule has 0 unspecified atom stereocenters. The van der Waals surface area contributed by atoms with Crippen LogP contribution < -0.4 is 5.73 Å². The Morgan fingerprint density at radius 2 is 1.90 bits per heavy atom. The zero-order valence-electron chi connectivity index (χ0n) is 10.9. The number of anilines is 1. The second-order valence-corrected chi connectivity index (χ2v) is 4.60. The summed E-state index contributed by atoms with van der Waals surface area (Å²) in [7, 11) is 0. The summed E-state index contributed by atoms with van der Waals surface area (Å²) in [5.74, 6) is -0.0848. The second-order valence-electron chi connectivity index (χ2n) is 4.60. The predicted octanol–water partition coefficient (Wildman–Crippen LogP) is 4.04. The van der Waals surface area contributed by atoms with E-state index in [2.05, 4.69) is 5.16 Å². The summed E-state index contributed by atoms with van der Waals surface area (Å²) >= 11 is 0. The van der Waals surface area contributed by atoms with Crippen LogP contribution in [0.2, 0.25) is 0 Å². The number of nitrogen functional groups attached to an aromatic ring is 1. The van der Waals surface area contributed by atoms with Gasteiger partial charge in [-0.15, -0.1) is 0 Å². The Morgan fingerprint density at radius 3 is 2.65 bits per heavy atom. The molecule has 0 fully saturated rings. The predicted molar refractivity (Wildman–Crippen MR) is 76.5 cm³/mol. The van der Waals surface area contributed by atoms with Crippen molar-refractivity contribution in [3.63, 3.8) is 0 Å². The Labute approximate surface area is 115 Å². The normalized spacial score (nSPS) is 10.7. The van der Waals surface area contributed by atoms with Crippen LogP contribution in [0.3, 0.4) is 0 Å². The third-order valence-electron chi connectivity index (χ3n) is 3.23. The lowest BCUT2D eigenvalue weighted by atomic mass is 9.97. The lowest BCUT2D eigenvalue weighted by molar-refractivity contribution is 0.439. The maximum absolute atomic E-state index is 13.4. The zero-order valence-corrected chi connectivity index (χ0v) is 10.9. The zero-order chi connectivity index (χ0) is 14.1. The van der Waals surface area contributed by atoms with Crippen molar-refractivity contribution < 1.29 is 8.91 Å². The van der Waals surface area contributed by atoms with E-state index in [0.29, 0.717) is 16.8 Å². The van der Waals surface area contributed by atoms with Gasteiger partial charge in [0, 0.05) is 5.56 Å². The molecule has 3 nitrogen and oxygen atoms in total. The van der Waals surface area contributed by atoms with Crippen molar-refractivity contribution in [2.24, 2.45) is 0 Å². The first-order chi connectivity index (χ1) is 9.66. The van der Waals surface area contributed by atoms with Gasteiger partial charge >= 0.3 is 0 Å². The van der Waals surface area contributed by atoms with Gasteiger partial charge in [-0.25, -0.2) is 4.39 Å². The Morgan fingerprint density at radius 1 is 1.10 bits per heavy atom. The second kappa shape index (κ2) is 4.81. The highest BCUT2D eigenvalue weighted by molar-refractivity contribution is 5.88. The smallest absolute Gasteiger partial charge is 0.230 e. The number of rotatable bonds is 2. The molecule has 0 saturated heterocycles. The number of nitrogens with zero attached hydrogens (tertiary/aromatic N) is 1. The molecular weight excluding hydrogens is 255 g/mol. The summed E-state index contributed by atoms with van der Waals surface area (Å²) in [4.78, 5) is 0. The Balaban J connectivity index is 2.23. The van der Waals surface area contributed by atoms with E-state index < -0.39 is 0 Å². The number of halogens is 1. The van der Waals surface area contributed by atoms with E-state index in [1.807, 2.05) is 31.2 Å². The van der Waals surface area contributed by atoms with Crippen LogP contribution in [0.25, 0.3) is 22.4 Å². The maximum Gasteiger partial charge on any atom is 0.230 e.